The van der Waals surface area contributed by atoms with E-state index in [9.17, 15) is 9.18 Å². The van der Waals surface area contributed by atoms with Gasteiger partial charge in [0.2, 0.25) is 0 Å². The quantitative estimate of drug-likeness (QED) is 0.783. The molecule has 2 nitrogen and oxygen atoms in total. The minimum absolute atomic E-state index is 0.0345. The van der Waals surface area contributed by atoms with E-state index in [0.29, 0.717) is 19.3 Å². The maximum Gasteiger partial charge on any atom is 0.132 e. The summed E-state index contributed by atoms with van der Waals surface area (Å²) >= 11 is 0. The Hall–Kier alpha value is -1.38. The summed E-state index contributed by atoms with van der Waals surface area (Å²) < 4.78 is 18.6. The van der Waals surface area contributed by atoms with Crippen molar-refractivity contribution in [1.82, 2.24) is 0 Å². The van der Waals surface area contributed by atoms with Crippen molar-refractivity contribution >= 4 is 5.78 Å². The Kier molecular flexibility index (Phi) is 3.22. The maximum atomic E-state index is 12.9. The van der Waals surface area contributed by atoms with Gasteiger partial charge >= 0.3 is 0 Å². The Bertz CT molecular complexity index is 401. The zero-order chi connectivity index (χ0) is 11.5. The Morgan fingerprint density at radius 1 is 1.56 bits per heavy atom. The first-order valence-electron chi connectivity index (χ1n) is 5.66. The van der Waals surface area contributed by atoms with Gasteiger partial charge < -0.3 is 4.74 Å². The molecule has 0 radical (unpaired) electrons. The molecule has 1 atom stereocenters. The van der Waals surface area contributed by atoms with E-state index in [1.54, 1.807) is 6.07 Å². The molecule has 3 heteroatoms. The molecule has 0 N–H and O–H groups in total. The number of rotatable bonds is 4. The average molecular weight is 222 g/mol. The lowest BCUT2D eigenvalue weighted by molar-refractivity contribution is -0.119. The molecule has 0 saturated carbocycles. The van der Waals surface area contributed by atoms with Crippen molar-refractivity contribution < 1.29 is 13.9 Å². The third kappa shape index (κ3) is 2.40. The summed E-state index contributed by atoms with van der Waals surface area (Å²) in [6.45, 7) is 1.86. The Morgan fingerprint density at radius 3 is 3.12 bits per heavy atom. The Labute approximate surface area is 94.4 Å². The van der Waals surface area contributed by atoms with Gasteiger partial charge in [0.15, 0.2) is 0 Å². The summed E-state index contributed by atoms with van der Waals surface area (Å²) in [5, 5.41) is 0. The van der Waals surface area contributed by atoms with Crippen molar-refractivity contribution in [3.8, 4) is 5.75 Å². The monoisotopic (exact) mass is 222 g/mol. The van der Waals surface area contributed by atoms with E-state index >= 15 is 0 Å². The number of ketones is 1. The molecule has 2 rings (SSSR count). The molecule has 1 aliphatic rings. The van der Waals surface area contributed by atoms with Crippen LogP contribution in [0, 0.1) is 5.82 Å². The fourth-order valence-electron chi connectivity index (χ4n) is 1.95. The first-order valence-corrected chi connectivity index (χ1v) is 5.66. The maximum absolute atomic E-state index is 12.9. The van der Waals surface area contributed by atoms with Crippen molar-refractivity contribution in [3.63, 3.8) is 0 Å². The topological polar surface area (TPSA) is 26.3 Å². The zero-order valence-corrected chi connectivity index (χ0v) is 9.33. The average Bonchev–Trinajstić information content (AvgIpc) is 2.67. The molecule has 0 amide bonds. The van der Waals surface area contributed by atoms with Gasteiger partial charge in [0.25, 0.3) is 0 Å². The number of hydrogen-bond donors (Lipinski definition) is 0. The van der Waals surface area contributed by atoms with E-state index < -0.39 is 0 Å². The van der Waals surface area contributed by atoms with Crippen LogP contribution in [0.3, 0.4) is 0 Å². The summed E-state index contributed by atoms with van der Waals surface area (Å²) in [6, 6.07) is 4.57. The van der Waals surface area contributed by atoms with E-state index in [2.05, 4.69) is 0 Å². The molecule has 1 heterocycles. The fourth-order valence-corrected chi connectivity index (χ4v) is 1.95. The van der Waals surface area contributed by atoms with Crippen LogP contribution in [0.25, 0.3) is 0 Å². The van der Waals surface area contributed by atoms with Crippen molar-refractivity contribution in [1.29, 1.82) is 0 Å². The molecule has 0 saturated heterocycles. The largest absolute Gasteiger partial charge is 0.490 e. The predicted octanol–water partition coefficient (Wildman–Crippen LogP) is 2.89. The molecular weight excluding hydrogens is 207 g/mol. The molecule has 0 fully saturated rings. The van der Waals surface area contributed by atoms with Crippen LogP contribution in [0.5, 0.6) is 5.75 Å². The van der Waals surface area contributed by atoms with Gasteiger partial charge in [-0.3, -0.25) is 4.79 Å². The highest BCUT2D eigenvalue weighted by atomic mass is 19.1. The standard InChI is InChI=1S/C13H15FO2/c1-2-11(15)4-5-12-8-9-7-10(14)3-6-13(9)16-12/h3,6-7,12H,2,4-5,8H2,1H3. The van der Waals surface area contributed by atoms with Gasteiger partial charge in [-0.2, -0.15) is 0 Å². The van der Waals surface area contributed by atoms with Gasteiger partial charge in [0, 0.05) is 24.8 Å². The highest BCUT2D eigenvalue weighted by molar-refractivity contribution is 5.77. The van der Waals surface area contributed by atoms with Crippen LogP contribution in [0.15, 0.2) is 18.2 Å². The number of ether oxygens (including phenoxy) is 1. The highest BCUT2D eigenvalue weighted by Gasteiger charge is 2.23. The number of hydrogen-bond acceptors (Lipinski definition) is 2. The zero-order valence-electron chi connectivity index (χ0n) is 9.33. The second kappa shape index (κ2) is 4.64. The summed E-state index contributed by atoms with van der Waals surface area (Å²) in [5.74, 6) is 0.786. The van der Waals surface area contributed by atoms with Crippen molar-refractivity contribution in [2.24, 2.45) is 0 Å². The highest BCUT2D eigenvalue weighted by Crippen LogP contribution is 2.30. The molecule has 16 heavy (non-hydrogen) atoms. The third-order valence-electron chi connectivity index (χ3n) is 2.90. The first kappa shape index (κ1) is 11.1. The van der Waals surface area contributed by atoms with Gasteiger partial charge in [-0.15, -0.1) is 0 Å². The number of carbonyl (C=O) groups excluding carboxylic acids is 1. The molecule has 1 aliphatic heterocycles. The van der Waals surface area contributed by atoms with E-state index in [-0.39, 0.29) is 17.7 Å². The smallest absolute Gasteiger partial charge is 0.132 e. The lowest BCUT2D eigenvalue weighted by Crippen LogP contribution is -2.14. The number of benzene rings is 1. The molecule has 0 spiro atoms. The summed E-state index contributed by atoms with van der Waals surface area (Å²) in [6.07, 6.45) is 2.60. The Balaban J connectivity index is 1.93. The first-order chi connectivity index (χ1) is 7.69. The van der Waals surface area contributed by atoms with Crippen molar-refractivity contribution in [2.75, 3.05) is 0 Å². The summed E-state index contributed by atoms with van der Waals surface area (Å²) in [4.78, 5) is 11.2. The molecule has 1 aromatic rings. The number of fused-ring (bicyclic) bond motifs is 1. The van der Waals surface area contributed by atoms with Crippen LogP contribution in [-0.2, 0) is 11.2 Å². The van der Waals surface area contributed by atoms with Gasteiger partial charge in [0.05, 0.1) is 0 Å². The molecule has 0 aliphatic carbocycles. The van der Waals surface area contributed by atoms with Crippen molar-refractivity contribution in [2.45, 2.75) is 38.7 Å². The minimum Gasteiger partial charge on any atom is -0.490 e. The summed E-state index contributed by atoms with van der Waals surface area (Å²) in [7, 11) is 0. The number of carbonyl (C=O) groups is 1. The number of halogens is 1. The lowest BCUT2D eigenvalue weighted by Gasteiger charge is -2.09. The SMILES string of the molecule is CCC(=O)CCC1Cc2cc(F)ccc2O1. The molecule has 1 unspecified atom stereocenters. The van der Waals surface area contributed by atoms with Crippen LogP contribution in [-0.4, -0.2) is 11.9 Å². The van der Waals surface area contributed by atoms with Crippen LogP contribution in [0.4, 0.5) is 4.39 Å². The van der Waals surface area contributed by atoms with Crippen LogP contribution in [0.1, 0.15) is 31.7 Å². The van der Waals surface area contributed by atoms with E-state index in [1.165, 1.54) is 12.1 Å². The minimum atomic E-state index is -0.229. The fraction of sp³-hybridized carbons (Fsp3) is 0.462. The van der Waals surface area contributed by atoms with Gasteiger partial charge in [-0.05, 0) is 24.6 Å². The van der Waals surface area contributed by atoms with E-state index in [4.69, 9.17) is 4.74 Å². The van der Waals surface area contributed by atoms with Crippen LogP contribution >= 0.6 is 0 Å². The summed E-state index contributed by atoms with van der Waals surface area (Å²) in [5.41, 5.74) is 0.911. The lowest BCUT2D eigenvalue weighted by atomic mass is 10.0. The van der Waals surface area contributed by atoms with Gasteiger partial charge in [0.1, 0.15) is 23.5 Å². The molecule has 86 valence electrons. The second-order valence-corrected chi connectivity index (χ2v) is 4.13. The number of Topliss-reactive ketones (excluding diaryl/α,β-unsaturated/α-hetero) is 1. The third-order valence-corrected chi connectivity index (χ3v) is 2.90. The van der Waals surface area contributed by atoms with E-state index in [0.717, 1.165) is 17.7 Å². The second-order valence-electron chi connectivity index (χ2n) is 4.13. The van der Waals surface area contributed by atoms with Gasteiger partial charge in [-0.25, -0.2) is 4.39 Å². The molecule has 0 bridgehead atoms. The van der Waals surface area contributed by atoms with E-state index in [1.807, 2.05) is 6.92 Å². The molecule has 0 aromatic heterocycles. The van der Waals surface area contributed by atoms with Crippen LogP contribution in [0.2, 0.25) is 0 Å². The van der Waals surface area contributed by atoms with Crippen molar-refractivity contribution in [3.05, 3.63) is 29.6 Å². The van der Waals surface area contributed by atoms with Gasteiger partial charge in [-0.1, -0.05) is 6.92 Å². The van der Waals surface area contributed by atoms with Crippen LogP contribution < -0.4 is 4.74 Å². The molecule has 1 aromatic carbocycles. The Morgan fingerprint density at radius 2 is 2.38 bits per heavy atom. The molecular formula is C13H15FO2. The normalized spacial score (nSPS) is 18.0. The predicted molar refractivity (Wildman–Crippen MR) is 59.1 cm³/mol.